The average molecular weight is 292 g/mol. The van der Waals surface area contributed by atoms with E-state index < -0.39 is 0 Å². The largest absolute Gasteiger partial charge is 0.399 e. The summed E-state index contributed by atoms with van der Waals surface area (Å²) in [6.45, 7) is 1.82. The highest BCUT2D eigenvalue weighted by atomic mass is 16.2. The Morgan fingerprint density at radius 3 is 2.82 bits per heavy atom. The van der Waals surface area contributed by atoms with Crippen LogP contribution < -0.4 is 11.2 Å². The highest BCUT2D eigenvalue weighted by Crippen LogP contribution is 2.17. The Hall–Kier alpha value is -3.08. The molecule has 1 heterocycles. The number of carbonyl (C=O) groups is 1. The van der Waals surface area contributed by atoms with E-state index in [1.807, 2.05) is 49.4 Å². The first-order valence-electron chi connectivity index (χ1n) is 6.92. The molecule has 5 heteroatoms. The number of hydrogen-bond acceptors (Lipinski definition) is 3. The van der Waals surface area contributed by atoms with Crippen molar-refractivity contribution in [1.82, 2.24) is 10.4 Å². The van der Waals surface area contributed by atoms with Crippen molar-refractivity contribution in [3.8, 4) is 0 Å². The number of carbonyl (C=O) groups excluding carboxylic acids is 1. The number of nitrogens with zero attached hydrogens (tertiary/aromatic N) is 1. The van der Waals surface area contributed by atoms with Gasteiger partial charge >= 0.3 is 0 Å². The van der Waals surface area contributed by atoms with Gasteiger partial charge in [-0.05, 0) is 30.7 Å². The molecule has 3 aromatic rings. The highest BCUT2D eigenvalue weighted by molar-refractivity contribution is 6.07. The summed E-state index contributed by atoms with van der Waals surface area (Å²) in [7, 11) is 0. The van der Waals surface area contributed by atoms with Crippen molar-refractivity contribution in [3.63, 3.8) is 0 Å². The van der Waals surface area contributed by atoms with E-state index in [0.717, 1.165) is 16.5 Å². The van der Waals surface area contributed by atoms with Crippen LogP contribution in [0.5, 0.6) is 0 Å². The van der Waals surface area contributed by atoms with E-state index >= 15 is 0 Å². The lowest BCUT2D eigenvalue weighted by molar-refractivity contribution is 0.0956. The number of hydrazone groups is 1. The number of rotatable bonds is 3. The van der Waals surface area contributed by atoms with E-state index in [9.17, 15) is 4.79 Å². The number of amides is 1. The minimum absolute atomic E-state index is 0.249. The first kappa shape index (κ1) is 13.9. The lowest BCUT2D eigenvalue weighted by Crippen LogP contribution is -2.19. The topological polar surface area (TPSA) is 83.3 Å². The minimum atomic E-state index is -0.249. The van der Waals surface area contributed by atoms with Gasteiger partial charge in [-0.1, -0.05) is 30.3 Å². The lowest BCUT2D eigenvalue weighted by Gasteiger charge is -2.03. The predicted molar refractivity (Wildman–Crippen MR) is 88.8 cm³/mol. The normalized spacial score (nSPS) is 11.6. The van der Waals surface area contributed by atoms with Gasteiger partial charge in [-0.2, -0.15) is 5.10 Å². The third-order valence-electron chi connectivity index (χ3n) is 3.46. The fourth-order valence-electron chi connectivity index (χ4n) is 2.28. The van der Waals surface area contributed by atoms with Crippen LogP contribution in [0.25, 0.3) is 10.9 Å². The van der Waals surface area contributed by atoms with Crippen LogP contribution >= 0.6 is 0 Å². The molecule has 0 radical (unpaired) electrons. The number of para-hydroxylation sites is 1. The van der Waals surface area contributed by atoms with Crippen LogP contribution in [0.4, 0.5) is 5.69 Å². The summed E-state index contributed by atoms with van der Waals surface area (Å²) in [5.74, 6) is -0.249. The molecule has 4 N–H and O–H groups in total. The Balaban J connectivity index is 1.81. The van der Waals surface area contributed by atoms with Gasteiger partial charge in [0.2, 0.25) is 0 Å². The SMILES string of the molecule is C/C(=N\NC(=O)c1c[nH]c2ccccc12)c1cccc(N)c1. The number of aromatic amines is 1. The number of fused-ring (bicyclic) bond motifs is 1. The Morgan fingerprint density at radius 2 is 2.00 bits per heavy atom. The summed E-state index contributed by atoms with van der Waals surface area (Å²) in [4.78, 5) is 15.3. The monoisotopic (exact) mass is 292 g/mol. The number of H-pyrrole nitrogens is 1. The third-order valence-corrected chi connectivity index (χ3v) is 3.46. The number of nitrogen functional groups attached to an aromatic ring is 1. The molecule has 0 aliphatic rings. The van der Waals surface area contributed by atoms with E-state index in [1.54, 1.807) is 12.3 Å². The van der Waals surface area contributed by atoms with Crippen molar-refractivity contribution in [2.75, 3.05) is 5.73 Å². The first-order valence-corrected chi connectivity index (χ1v) is 6.92. The molecule has 0 fully saturated rings. The van der Waals surface area contributed by atoms with Crippen LogP contribution in [0.15, 0.2) is 59.8 Å². The average Bonchev–Trinajstić information content (AvgIpc) is 2.96. The van der Waals surface area contributed by atoms with Gasteiger partial charge < -0.3 is 10.7 Å². The quantitative estimate of drug-likeness (QED) is 0.394. The molecule has 0 spiro atoms. The second-order valence-electron chi connectivity index (χ2n) is 5.01. The minimum Gasteiger partial charge on any atom is -0.399 e. The molecule has 2 aromatic carbocycles. The van der Waals surface area contributed by atoms with Gasteiger partial charge in [0.1, 0.15) is 0 Å². The zero-order valence-electron chi connectivity index (χ0n) is 12.1. The maximum absolute atomic E-state index is 12.3. The maximum Gasteiger partial charge on any atom is 0.273 e. The van der Waals surface area contributed by atoms with Gasteiger partial charge in [-0.3, -0.25) is 4.79 Å². The molecule has 0 bridgehead atoms. The van der Waals surface area contributed by atoms with Crippen LogP contribution in [0.2, 0.25) is 0 Å². The van der Waals surface area contributed by atoms with Crippen LogP contribution in [-0.4, -0.2) is 16.6 Å². The molecule has 0 atom stereocenters. The molecule has 22 heavy (non-hydrogen) atoms. The van der Waals surface area contributed by atoms with Gasteiger partial charge in [0.25, 0.3) is 5.91 Å². The van der Waals surface area contributed by atoms with Crippen LogP contribution in [-0.2, 0) is 0 Å². The van der Waals surface area contributed by atoms with Crippen molar-refractivity contribution in [2.24, 2.45) is 5.10 Å². The maximum atomic E-state index is 12.3. The van der Waals surface area contributed by atoms with E-state index in [1.165, 1.54) is 0 Å². The van der Waals surface area contributed by atoms with Crippen LogP contribution in [0.3, 0.4) is 0 Å². The Bertz CT molecular complexity index is 864. The van der Waals surface area contributed by atoms with Gasteiger partial charge in [0.05, 0.1) is 11.3 Å². The van der Waals surface area contributed by atoms with E-state index in [-0.39, 0.29) is 5.91 Å². The molecule has 0 unspecified atom stereocenters. The summed E-state index contributed by atoms with van der Waals surface area (Å²) < 4.78 is 0. The Morgan fingerprint density at radius 1 is 1.18 bits per heavy atom. The fraction of sp³-hybridized carbons (Fsp3) is 0.0588. The molecular formula is C17H16N4O. The van der Waals surface area contributed by atoms with Gasteiger partial charge in [-0.25, -0.2) is 5.43 Å². The molecule has 5 nitrogen and oxygen atoms in total. The lowest BCUT2D eigenvalue weighted by atomic mass is 10.1. The van der Waals surface area contributed by atoms with Gasteiger partial charge in [-0.15, -0.1) is 0 Å². The Kier molecular flexibility index (Phi) is 3.62. The predicted octanol–water partition coefficient (Wildman–Crippen LogP) is 2.90. The zero-order chi connectivity index (χ0) is 15.5. The summed E-state index contributed by atoms with van der Waals surface area (Å²) in [6.07, 6.45) is 1.69. The van der Waals surface area contributed by atoms with E-state index in [2.05, 4.69) is 15.5 Å². The van der Waals surface area contributed by atoms with E-state index in [0.29, 0.717) is 17.0 Å². The number of anilines is 1. The number of nitrogens with two attached hydrogens (primary N) is 1. The summed E-state index contributed by atoms with van der Waals surface area (Å²) in [5, 5.41) is 5.02. The zero-order valence-corrected chi connectivity index (χ0v) is 12.1. The highest BCUT2D eigenvalue weighted by Gasteiger charge is 2.11. The molecule has 0 aliphatic heterocycles. The molecule has 0 saturated heterocycles. The van der Waals surface area contributed by atoms with Crippen molar-refractivity contribution in [1.29, 1.82) is 0 Å². The second-order valence-corrected chi connectivity index (χ2v) is 5.01. The standard InChI is InChI=1S/C17H16N4O/c1-11(12-5-4-6-13(18)9-12)20-21-17(22)15-10-19-16-8-3-2-7-14(15)16/h2-10,19H,18H2,1H3,(H,21,22)/b20-11+. The Labute approximate surface area is 127 Å². The van der Waals surface area contributed by atoms with Crippen molar-refractivity contribution >= 4 is 28.2 Å². The van der Waals surface area contributed by atoms with Crippen molar-refractivity contribution < 1.29 is 4.79 Å². The third kappa shape index (κ3) is 2.69. The van der Waals surface area contributed by atoms with E-state index in [4.69, 9.17) is 5.73 Å². The van der Waals surface area contributed by atoms with Crippen molar-refractivity contribution in [2.45, 2.75) is 6.92 Å². The molecule has 0 saturated carbocycles. The van der Waals surface area contributed by atoms with Gasteiger partial charge in [0, 0.05) is 22.8 Å². The summed E-state index contributed by atoms with van der Waals surface area (Å²) >= 11 is 0. The second kappa shape index (κ2) is 5.73. The van der Waals surface area contributed by atoms with Crippen LogP contribution in [0.1, 0.15) is 22.8 Å². The summed E-state index contributed by atoms with van der Waals surface area (Å²) in [5.41, 5.74) is 12.0. The number of aromatic nitrogens is 1. The molecular weight excluding hydrogens is 276 g/mol. The smallest absolute Gasteiger partial charge is 0.273 e. The first-order chi connectivity index (χ1) is 10.6. The molecule has 0 aliphatic carbocycles. The molecule has 1 aromatic heterocycles. The summed E-state index contributed by atoms with van der Waals surface area (Å²) in [6, 6.07) is 15.0. The molecule has 1 amide bonds. The number of benzene rings is 2. The van der Waals surface area contributed by atoms with Gasteiger partial charge in [0.15, 0.2) is 0 Å². The fourth-order valence-corrected chi connectivity index (χ4v) is 2.28. The number of hydrogen-bond donors (Lipinski definition) is 3. The molecule has 110 valence electrons. The molecule has 3 rings (SSSR count). The van der Waals surface area contributed by atoms with Crippen molar-refractivity contribution in [3.05, 3.63) is 65.9 Å². The van der Waals surface area contributed by atoms with Crippen LogP contribution in [0, 0.1) is 0 Å². The number of nitrogens with one attached hydrogen (secondary N) is 2.